The number of hydrogen-bond donors (Lipinski definition) is 2. The van der Waals surface area contributed by atoms with Crippen molar-refractivity contribution in [3.63, 3.8) is 0 Å². The molecule has 0 aliphatic carbocycles. The van der Waals surface area contributed by atoms with E-state index in [1.54, 1.807) is 0 Å². The summed E-state index contributed by atoms with van der Waals surface area (Å²) in [6.07, 6.45) is 1.36. The largest absolute Gasteiger partial charge is 0.494 e. The van der Waals surface area contributed by atoms with Crippen LogP contribution in [0.2, 0.25) is 0 Å². The van der Waals surface area contributed by atoms with Gasteiger partial charge in [0.1, 0.15) is 11.6 Å². The van der Waals surface area contributed by atoms with Crippen LogP contribution in [0.5, 0.6) is 5.75 Å². The van der Waals surface area contributed by atoms with Crippen molar-refractivity contribution < 1.29 is 13.9 Å². The lowest BCUT2D eigenvalue weighted by molar-refractivity contribution is -0.118. The second kappa shape index (κ2) is 7.04. The number of thiocarbonyl (C=S) groups is 1. The average molecular weight is 284 g/mol. The van der Waals surface area contributed by atoms with E-state index in [1.165, 1.54) is 25.3 Å². The molecule has 1 unspecified atom stereocenters. The normalized spacial score (nSPS) is 11.7. The monoisotopic (exact) mass is 284 g/mol. The minimum atomic E-state index is -0.533. The van der Waals surface area contributed by atoms with Gasteiger partial charge in [0.2, 0.25) is 5.91 Å². The molecule has 0 aromatic heterocycles. The van der Waals surface area contributed by atoms with Gasteiger partial charge in [-0.2, -0.15) is 0 Å². The fraction of sp³-hybridized carbons (Fsp3) is 0.385. The summed E-state index contributed by atoms with van der Waals surface area (Å²) in [5.41, 5.74) is 5.95. The quantitative estimate of drug-likeness (QED) is 0.788. The number of ether oxygens (including phenoxy) is 1. The van der Waals surface area contributed by atoms with E-state index in [0.717, 1.165) is 6.42 Å². The molecule has 0 spiro atoms. The number of hydrogen-bond acceptors (Lipinski definition) is 3. The van der Waals surface area contributed by atoms with E-state index >= 15 is 0 Å². The molecule has 0 radical (unpaired) electrons. The first-order chi connectivity index (χ1) is 8.99. The lowest BCUT2D eigenvalue weighted by Gasteiger charge is -2.16. The Balaban J connectivity index is 2.89. The highest BCUT2D eigenvalue weighted by Gasteiger charge is 2.21. The van der Waals surface area contributed by atoms with Crippen LogP contribution < -0.4 is 15.8 Å². The van der Waals surface area contributed by atoms with Crippen molar-refractivity contribution in [3.05, 3.63) is 24.0 Å². The lowest BCUT2D eigenvalue weighted by atomic mass is 10.0. The van der Waals surface area contributed by atoms with Crippen molar-refractivity contribution in [2.24, 2.45) is 11.7 Å². The van der Waals surface area contributed by atoms with E-state index in [9.17, 15) is 9.18 Å². The van der Waals surface area contributed by atoms with Crippen molar-refractivity contribution in [2.75, 3.05) is 12.4 Å². The first-order valence-corrected chi connectivity index (χ1v) is 6.34. The van der Waals surface area contributed by atoms with Gasteiger partial charge in [0.25, 0.3) is 0 Å². The van der Waals surface area contributed by atoms with Crippen LogP contribution in [0.25, 0.3) is 0 Å². The number of amides is 1. The van der Waals surface area contributed by atoms with Gasteiger partial charge in [0.15, 0.2) is 0 Å². The molecule has 0 aliphatic heterocycles. The minimum Gasteiger partial charge on any atom is -0.494 e. The molecule has 0 saturated heterocycles. The third-order valence-corrected chi connectivity index (χ3v) is 2.94. The summed E-state index contributed by atoms with van der Waals surface area (Å²) in [7, 11) is 1.40. The molecule has 19 heavy (non-hydrogen) atoms. The van der Waals surface area contributed by atoms with Crippen LogP contribution in [0, 0.1) is 11.7 Å². The highest BCUT2D eigenvalue weighted by molar-refractivity contribution is 7.80. The summed E-state index contributed by atoms with van der Waals surface area (Å²) in [6.45, 7) is 1.94. The number of nitrogens with one attached hydrogen (secondary N) is 1. The zero-order valence-electron chi connectivity index (χ0n) is 10.9. The Kier molecular flexibility index (Phi) is 5.69. The molecular formula is C13H17FN2O2S. The van der Waals surface area contributed by atoms with Crippen LogP contribution in [0.15, 0.2) is 18.2 Å². The Hall–Kier alpha value is -1.69. The number of carbonyl (C=O) groups is 1. The van der Waals surface area contributed by atoms with Gasteiger partial charge in [0, 0.05) is 6.07 Å². The highest BCUT2D eigenvalue weighted by atomic mass is 32.1. The van der Waals surface area contributed by atoms with Crippen molar-refractivity contribution >= 4 is 28.8 Å². The van der Waals surface area contributed by atoms with E-state index in [4.69, 9.17) is 22.7 Å². The third kappa shape index (κ3) is 4.17. The van der Waals surface area contributed by atoms with E-state index < -0.39 is 11.7 Å². The third-order valence-electron chi connectivity index (χ3n) is 2.66. The van der Waals surface area contributed by atoms with Gasteiger partial charge in [-0.15, -0.1) is 0 Å². The highest BCUT2D eigenvalue weighted by Crippen LogP contribution is 2.25. The average Bonchev–Trinajstić information content (AvgIpc) is 2.37. The minimum absolute atomic E-state index is 0.153. The maximum Gasteiger partial charge on any atom is 0.234 e. The van der Waals surface area contributed by atoms with Crippen molar-refractivity contribution in [1.82, 2.24) is 0 Å². The van der Waals surface area contributed by atoms with Gasteiger partial charge in [-0.05, 0) is 18.6 Å². The molecule has 0 aliphatic rings. The molecule has 1 atom stereocenters. The Bertz CT molecular complexity index is 480. The summed E-state index contributed by atoms with van der Waals surface area (Å²) in [5.74, 6) is -1.02. The van der Waals surface area contributed by atoms with Gasteiger partial charge in [-0.1, -0.05) is 25.6 Å². The molecule has 0 fully saturated rings. The number of methoxy groups -OCH3 is 1. The Morgan fingerprint density at radius 2 is 2.26 bits per heavy atom. The topological polar surface area (TPSA) is 64.3 Å². The molecular weight excluding hydrogens is 267 g/mol. The van der Waals surface area contributed by atoms with Crippen molar-refractivity contribution in [2.45, 2.75) is 19.8 Å². The molecule has 4 nitrogen and oxygen atoms in total. The predicted molar refractivity (Wildman–Crippen MR) is 76.8 cm³/mol. The van der Waals surface area contributed by atoms with E-state index in [1.807, 2.05) is 6.92 Å². The Morgan fingerprint density at radius 1 is 1.58 bits per heavy atom. The number of nitrogens with two attached hydrogens (primary N) is 1. The second-order valence-electron chi connectivity index (χ2n) is 4.08. The molecule has 1 amide bonds. The number of rotatable bonds is 6. The van der Waals surface area contributed by atoms with Gasteiger partial charge < -0.3 is 15.8 Å². The van der Waals surface area contributed by atoms with E-state index in [2.05, 4.69) is 5.32 Å². The molecule has 1 rings (SSSR count). The van der Waals surface area contributed by atoms with E-state index in [0.29, 0.717) is 12.1 Å². The van der Waals surface area contributed by atoms with Gasteiger partial charge in [0.05, 0.1) is 23.7 Å². The number of carbonyl (C=O) groups excluding carboxylic acids is 1. The van der Waals surface area contributed by atoms with Crippen LogP contribution >= 0.6 is 12.2 Å². The Morgan fingerprint density at radius 3 is 2.79 bits per heavy atom. The van der Waals surface area contributed by atoms with Crippen LogP contribution in [-0.2, 0) is 4.79 Å². The van der Waals surface area contributed by atoms with Crippen LogP contribution in [-0.4, -0.2) is 18.0 Å². The molecule has 1 aromatic carbocycles. The van der Waals surface area contributed by atoms with Gasteiger partial charge >= 0.3 is 0 Å². The number of anilines is 1. The number of benzene rings is 1. The second-order valence-corrected chi connectivity index (χ2v) is 4.55. The molecule has 0 saturated carbocycles. The molecule has 104 valence electrons. The molecule has 3 N–H and O–H groups in total. The summed E-state index contributed by atoms with van der Waals surface area (Å²) >= 11 is 4.88. The Labute approximate surface area is 117 Å². The lowest BCUT2D eigenvalue weighted by Crippen LogP contribution is -2.33. The number of halogens is 1. The fourth-order valence-electron chi connectivity index (χ4n) is 1.68. The van der Waals surface area contributed by atoms with Crippen LogP contribution in [0.1, 0.15) is 19.8 Å². The zero-order chi connectivity index (χ0) is 14.4. The summed E-state index contributed by atoms with van der Waals surface area (Å²) in [6, 6.07) is 3.88. The molecule has 0 bridgehead atoms. The van der Waals surface area contributed by atoms with Gasteiger partial charge in [-0.3, -0.25) is 4.79 Å². The van der Waals surface area contributed by atoms with Crippen LogP contribution in [0.3, 0.4) is 0 Å². The van der Waals surface area contributed by atoms with Crippen LogP contribution in [0.4, 0.5) is 10.1 Å². The smallest absolute Gasteiger partial charge is 0.234 e. The van der Waals surface area contributed by atoms with Crippen molar-refractivity contribution in [1.29, 1.82) is 0 Å². The summed E-state index contributed by atoms with van der Waals surface area (Å²) in [5, 5.41) is 2.66. The fourth-order valence-corrected chi connectivity index (χ4v) is 1.90. The maximum atomic E-state index is 13.0. The summed E-state index contributed by atoms with van der Waals surface area (Å²) in [4.78, 5) is 12.2. The maximum absolute atomic E-state index is 13.0. The first kappa shape index (κ1) is 15.4. The first-order valence-electron chi connectivity index (χ1n) is 5.93. The molecule has 0 heterocycles. The van der Waals surface area contributed by atoms with E-state index in [-0.39, 0.29) is 16.6 Å². The molecule has 6 heteroatoms. The SMILES string of the molecule is CCCC(C(=O)Nc1ccc(F)cc1OC)C(N)=S. The standard InChI is InChI=1S/C13H17FN2O2S/c1-3-4-9(12(15)19)13(17)16-10-6-5-8(14)7-11(10)18-2/h5-7,9H,3-4H2,1-2H3,(H2,15,19)(H,16,17). The zero-order valence-corrected chi connectivity index (χ0v) is 11.7. The van der Waals surface area contributed by atoms with Gasteiger partial charge in [-0.25, -0.2) is 4.39 Å². The van der Waals surface area contributed by atoms with Crippen molar-refractivity contribution in [3.8, 4) is 5.75 Å². The predicted octanol–water partition coefficient (Wildman–Crippen LogP) is 2.48. The summed E-state index contributed by atoms with van der Waals surface area (Å²) < 4.78 is 18.1. The molecule has 1 aromatic rings.